The van der Waals surface area contributed by atoms with E-state index in [0.717, 1.165) is 29.3 Å². The maximum Gasteiger partial charge on any atom is 0.352 e. The Kier molecular flexibility index (Phi) is 7.38. The summed E-state index contributed by atoms with van der Waals surface area (Å²) in [5.74, 6) is -2.66. The van der Waals surface area contributed by atoms with Crippen molar-refractivity contribution < 1.29 is 29.5 Å². The number of β-lactam (4-membered cyclic amide) rings is 1. The van der Waals surface area contributed by atoms with Gasteiger partial charge < -0.3 is 36.9 Å². The minimum Gasteiger partial charge on any atom is -0.477 e. The molecular formula is C22H26N8O6S2. The third-order valence-electron chi connectivity index (χ3n) is 6.72. The van der Waals surface area contributed by atoms with E-state index in [2.05, 4.69) is 26.1 Å². The Bertz CT molecular complexity index is 1270. The summed E-state index contributed by atoms with van der Waals surface area (Å²) in [6.07, 6.45) is 2.08. The fraction of sp³-hybridized carbons (Fsp3) is 0.455. The number of oxime groups is 1. The van der Waals surface area contributed by atoms with E-state index in [-0.39, 0.29) is 28.2 Å². The highest BCUT2D eigenvalue weighted by Crippen LogP contribution is 2.41. The molecule has 16 heteroatoms. The van der Waals surface area contributed by atoms with Gasteiger partial charge in [-0.3, -0.25) is 19.3 Å². The van der Waals surface area contributed by atoms with Gasteiger partial charge in [-0.2, -0.15) is 0 Å². The standard InChI is InChI=1S/C22H26N8O6S2/c23-22-26-13(9-38-22)14(28-36)17(31)27-15-19(33)30-16(21(34)35)11(8-37-20(15)30)5-10-1-3-29(18(10)32)4-2-25-12-6-24-7-12/h5,9,12,15,20,24-25,36H,1-4,6-8H2,(H2,23,26)(H,27,31)(H,34,35)/b10-5+,28-14-/t15-,20-/m1/s1. The number of rotatable bonds is 9. The maximum atomic E-state index is 13.0. The van der Waals surface area contributed by atoms with Gasteiger partial charge in [-0.1, -0.05) is 5.16 Å². The number of aliphatic carboxylic acids is 1. The summed E-state index contributed by atoms with van der Waals surface area (Å²) < 4.78 is 0. The van der Waals surface area contributed by atoms with Crippen LogP contribution in [-0.4, -0.2) is 110 Å². The SMILES string of the molecule is Nc1nc(/C(=N/O)C(=O)N[C@@H]2C(=O)N3C(C(=O)O)=C(/C=C4\CCN(CCNC5CNC5)C4=O)CS[C@H]23)cs1. The van der Waals surface area contributed by atoms with Crippen LogP contribution in [0.25, 0.3) is 0 Å². The van der Waals surface area contributed by atoms with Crippen LogP contribution in [0.4, 0.5) is 5.13 Å². The molecule has 1 aromatic heterocycles. The molecule has 4 aliphatic heterocycles. The predicted octanol–water partition coefficient (Wildman–Crippen LogP) is -1.64. The summed E-state index contributed by atoms with van der Waals surface area (Å²) in [5.41, 5.74) is 5.89. The Labute approximate surface area is 225 Å². The molecule has 5 heterocycles. The van der Waals surface area contributed by atoms with Crippen LogP contribution in [0, 0.1) is 0 Å². The van der Waals surface area contributed by atoms with E-state index in [9.17, 15) is 29.5 Å². The van der Waals surface area contributed by atoms with Crippen LogP contribution in [0.5, 0.6) is 0 Å². The van der Waals surface area contributed by atoms with Crippen LogP contribution in [-0.2, 0) is 19.2 Å². The number of hydrogen-bond acceptors (Lipinski definition) is 12. The van der Waals surface area contributed by atoms with Gasteiger partial charge in [0.2, 0.25) is 5.91 Å². The van der Waals surface area contributed by atoms with Crippen molar-refractivity contribution in [3.05, 3.63) is 34.0 Å². The van der Waals surface area contributed by atoms with Crippen LogP contribution in [0.2, 0.25) is 0 Å². The molecule has 0 unspecified atom stereocenters. The molecule has 1 aromatic rings. The van der Waals surface area contributed by atoms with Crippen molar-refractivity contribution in [1.29, 1.82) is 0 Å². The molecule has 0 radical (unpaired) electrons. The molecule has 0 aliphatic carbocycles. The van der Waals surface area contributed by atoms with Crippen LogP contribution < -0.4 is 21.7 Å². The lowest BCUT2D eigenvalue weighted by Crippen LogP contribution is -2.71. The minimum atomic E-state index is -1.29. The second-order valence-corrected chi connectivity index (χ2v) is 11.1. The van der Waals surface area contributed by atoms with E-state index in [1.165, 1.54) is 17.1 Å². The van der Waals surface area contributed by atoms with Crippen LogP contribution in [0.1, 0.15) is 12.1 Å². The number of nitrogen functional groups attached to an aromatic ring is 1. The molecule has 0 aromatic carbocycles. The highest BCUT2D eigenvalue weighted by Gasteiger charge is 2.54. The second kappa shape index (κ2) is 10.7. The zero-order valence-corrected chi connectivity index (χ0v) is 21.7. The number of carbonyl (C=O) groups excluding carboxylic acids is 3. The Hall–Kier alpha value is -3.47. The number of hydrogen-bond donors (Lipinski definition) is 6. The number of carboxylic acid groups (broad SMARTS) is 1. The van der Waals surface area contributed by atoms with Gasteiger partial charge in [0.05, 0.1) is 0 Å². The number of nitrogens with zero attached hydrogens (tertiary/aromatic N) is 4. The van der Waals surface area contributed by atoms with Crippen molar-refractivity contribution >= 4 is 57.6 Å². The third-order valence-corrected chi connectivity index (χ3v) is 8.70. The van der Waals surface area contributed by atoms with E-state index in [4.69, 9.17) is 5.73 Å². The molecule has 3 saturated heterocycles. The lowest BCUT2D eigenvalue weighted by Gasteiger charge is -2.49. The summed E-state index contributed by atoms with van der Waals surface area (Å²) in [6, 6.07) is -0.597. The van der Waals surface area contributed by atoms with Gasteiger partial charge in [0.1, 0.15) is 22.8 Å². The van der Waals surface area contributed by atoms with Crippen molar-refractivity contribution in [3.63, 3.8) is 0 Å². The van der Waals surface area contributed by atoms with Crippen molar-refractivity contribution in [1.82, 2.24) is 30.7 Å². The molecule has 5 rings (SSSR count). The first kappa shape index (κ1) is 26.1. The fourth-order valence-electron chi connectivity index (χ4n) is 4.63. The normalized spacial score (nSPS) is 24.9. The van der Waals surface area contributed by atoms with E-state index in [1.807, 2.05) is 0 Å². The molecular weight excluding hydrogens is 536 g/mol. The first-order valence-corrected chi connectivity index (χ1v) is 13.8. The number of allylic oxidation sites excluding steroid dienone is 1. The number of thioether (sulfide) groups is 1. The zero-order valence-electron chi connectivity index (χ0n) is 20.0. The average molecular weight is 563 g/mol. The molecule has 14 nitrogen and oxygen atoms in total. The Morgan fingerprint density at radius 2 is 2.13 bits per heavy atom. The lowest BCUT2D eigenvalue weighted by atomic mass is 10.0. The molecule has 38 heavy (non-hydrogen) atoms. The van der Waals surface area contributed by atoms with E-state index < -0.39 is 34.9 Å². The van der Waals surface area contributed by atoms with Gasteiger partial charge in [-0.25, -0.2) is 9.78 Å². The predicted molar refractivity (Wildman–Crippen MR) is 138 cm³/mol. The van der Waals surface area contributed by atoms with Gasteiger partial charge in [0, 0.05) is 55.5 Å². The van der Waals surface area contributed by atoms with Crippen molar-refractivity contribution in [2.24, 2.45) is 5.16 Å². The molecule has 0 saturated carbocycles. The molecule has 7 N–H and O–H groups in total. The van der Waals surface area contributed by atoms with Gasteiger partial charge >= 0.3 is 5.97 Å². The number of nitrogens with two attached hydrogens (primary N) is 1. The second-order valence-electron chi connectivity index (χ2n) is 9.08. The largest absolute Gasteiger partial charge is 0.477 e. The summed E-state index contributed by atoms with van der Waals surface area (Å²) in [4.78, 5) is 57.5. The Balaban J connectivity index is 1.26. The first-order chi connectivity index (χ1) is 18.3. The highest BCUT2D eigenvalue weighted by molar-refractivity contribution is 8.00. The molecule has 3 amide bonds. The number of thiazole rings is 1. The number of aromatic nitrogens is 1. The lowest BCUT2D eigenvalue weighted by molar-refractivity contribution is -0.150. The van der Waals surface area contributed by atoms with Gasteiger partial charge in [-0.15, -0.1) is 23.1 Å². The summed E-state index contributed by atoms with van der Waals surface area (Å²) in [7, 11) is 0. The smallest absolute Gasteiger partial charge is 0.352 e. The fourth-order valence-corrected chi connectivity index (χ4v) is 6.49. The number of anilines is 1. The van der Waals surface area contributed by atoms with Crippen molar-refractivity contribution in [2.75, 3.05) is 44.2 Å². The van der Waals surface area contributed by atoms with Crippen LogP contribution in [0.3, 0.4) is 0 Å². The Morgan fingerprint density at radius 3 is 2.76 bits per heavy atom. The van der Waals surface area contributed by atoms with Crippen molar-refractivity contribution in [2.45, 2.75) is 23.9 Å². The van der Waals surface area contributed by atoms with Gasteiger partial charge in [0.25, 0.3) is 11.8 Å². The van der Waals surface area contributed by atoms with Crippen molar-refractivity contribution in [3.8, 4) is 0 Å². The molecule has 3 fully saturated rings. The van der Waals surface area contributed by atoms with E-state index in [0.29, 0.717) is 43.2 Å². The van der Waals surface area contributed by atoms with Crippen LogP contribution >= 0.6 is 23.1 Å². The summed E-state index contributed by atoms with van der Waals surface area (Å²) in [6.45, 7) is 3.63. The van der Waals surface area contributed by atoms with Gasteiger partial charge in [0.15, 0.2) is 10.8 Å². The number of carboxylic acids is 1. The third kappa shape index (κ3) is 4.87. The number of likely N-dealkylation sites (tertiary alicyclic amines) is 1. The quantitative estimate of drug-likeness (QED) is 0.0662. The minimum absolute atomic E-state index is 0.0542. The number of amides is 3. The monoisotopic (exact) mass is 562 g/mol. The van der Waals surface area contributed by atoms with Crippen LogP contribution in [0.15, 0.2) is 33.5 Å². The highest BCUT2D eigenvalue weighted by atomic mass is 32.2. The number of fused-ring (bicyclic) bond motifs is 1. The summed E-state index contributed by atoms with van der Waals surface area (Å²) in [5, 5.41) is 32.2. The average Bonchev–Trinajstić information content (AvgIpc) is 3.44. The number of carbonyl (C=O) groups is 4. The van der Waals surface area contributed by atoms with Gasteiger partial charge in [-0.05, 0) is 18.1 Å². The number of nitrogens with one attached hydrogen (secondary N) is 3. The Morgan fingerprint density at radius 1 is 1.34 bits per heavy atom. The molecule has 0 bridgehead atoms. The van der Waals surface area contributed by atoms with E-state index >= 15 is 0 Å². The molecule has 2 atom stereocenters. The summed E-state index contributed by atoms with van der Waals surface area (Å²) >= 11 is 2.33. The zero-order chi connectivity index (χ0) is 27.0. The molecule has 4 aliphatic rings. The molecule has 202 valence electrons. The van der Waals surface area contributed by atoms with E-state index in [1.54, 1.807) is 11.0 Å². The topological polar surface area (TPSA) is 203 Å². The first-order valence-electron chi connectivity index (χ1n) is 11.9. The maximum absolute atomic E-state index is 13.0. The molecule has 0 spiro atoms.